The molecule has 20 heteroatoms. The predicted octanol–water partition coefficient (Wildman–Crippen LogP) is 6.88. The number of nitrogens with zero attached hydrogens (tertiary/aromatic N) is 6. The van der Waals surface area contributed by atoms with E-state index in [0.29, 0.717) is 121 Å². The number of benzene rings is 4. The molecule has 0 aliphatic carbocycles. The highest BCUT2D eigenvalue weighted by atomic mass is 16.5. The first-order valence-electron chi connectivity index (χ1n) is 21.1. The van der Waals surface area contributed by atoms with Crippen molar-refractivity contribution in [3.63, 3.8) is 0 Å². The fraction of sp³-hybridized carbons (Fsp3) is 0.348. The lowest BCUT2D eigenvalue weighted by atomic mass is 10.2. The molecule has 6 aromatic rings. The van der Waals surface area contributed by atoms with Crippen molar-refractivity contribution in [2.24, 2.45) is 0 Å². The zero-order chi connectivity index (χ0) is 46.7. The molecule has 0 fully saturated rings. The van der Waals surface area contributed by atoms with Crippen LogP contribution in [0.15, 0.2) is 72.8 Å². The van der Waals surface area contributed by atoms with E-state index >= 15 is 0 Å². The third-order valence-corrected chi connectivity index (χ3v) is 10.0. The van der Waals surface area contributed by atoms with Gasteiger partial charge in [-0.1, -0.05) is 24.3 Å². The van der Waals surface area contributed by atoms with E-state index in [1.54, 1.807) is 56.9 Å². The third-order valence-electron chi connectivity index (χ3n) is 10.0. The fourth-order valence-corrected chi connectivity index (χ4v) is 6.56. The van der Waals surface area contributed by atoms with Gasteiger partial charge in [-0.25, -0.2) is 0 Å². The number of hydrogen-bond donors (Lipinski definition) is 6. The molecule has 0 saturated carbocycles. The maximum Gasteiger partial charge on any atom is 0.229 e. The molecule has 0 atom stereocenters. The largest absolute Gasteiger partial charge is 0.493 e. The van der Waals surface area contributed by atoms with Gasteiger partial charge in [0.25, 0.3) is 0 Å². The van der Waals surface area contributed by atoms with E-state index in [4.69, 9.17) is 37.9 Å². The van der Waals surface area contributed by atoms with Gasteiger partial charge in [0.2, 0.25) is 35.7 Å². The monoisotopic (exact) mass is 906 g/mol. The maximum absolute atomic E-state index is 5.49. The fourth-order valence-electron chi connectivity index (χ4n) is 6.56. The molecule has 0 aliphatic heterocycles. The Morgan fingerprint density at radius 1 is 0.288 bits per heavy atom. The van der Waals surface area contributed by atoms with Crippen molar-refractivity contribution in [2.45, 2.75) is 39.0 Å². The molecule has 6 rings (SSSR count). The molecular weight excluding hydrogens is 849 g/mol. The van der Waals surface area contributed by atoms with Crippen LogP contribution in [0.3, 0.4) is 0 Å². The van der Waals surface area contributed by atoms with Crippen molar-refractivity contribution < 1.29 is 37.9 Å². The number of nitrogens with one attached hydrogen (secondary N) is 6. The number of anilines is 6. The molecule has 0 bridgehead atoms. The van der Waals surface area contributed by atoms with Crippen molar-refractivity contribution in [3.8, 4) is 46.0 Å². The summed E-state index contributed by atoms with van der Waals surface area (Å²) in [6.45, 7) is 2.91. The number of aromatic nitrogens is 6. The molecule has 0 radical (unpaired) electrons. The zero-order valence-corrected chi connectivity index (χ0v) is 38.5. The van der Waals surface area contributed by atoms with Gasteiger partial charge in [0, 0.05) is 39.3 Å². The van der Waals surface area contributed by atoms with Crippen LogP contribution in [0.5, 0.6) is 46.0 Å². The van der Waals surface area contributed by atoms with Crippen LogP contribution in [-0.4, -0.2) is 99.9 Å². The van der Waals surface area contributed by atoms with Crippen molar-refractivity contribution in [1.29, 1.82) is 0 Å². The SMILES string of the molecule is COc1ccc(CNc2nc(NCCCCNc3nc(NCc4ccc(OC)c(OC)c4)nc(NCc4ccc(OC)c(OC)c4)n3)nc(NCc3ccc(OC)c(OC)c3)n2)cc1OC. The molecule has 350 valence electrons. The molecule has 2 aromatic heterocycles. The molecule has 66 heavy (non-hydrogen) atoms. The summed E-state index contributed by atoms with van der Waals surface area (Å²) in [5.74, 6) is 7.47. The van der Waals surface area contributed by atoms with Crippen LogP contribution in [0.1, 0.15) is 35.1 Å². The summed E-state index contributed by atoms with van der Waals surface area (Å²) in [4.78, 5) is 28.0. The molecule has 0 saturated heterocycles. The second kappa shape index (κ2) is 24.2. The van der Waals surface area contributed by atoms with E-state index in [1.165, 1.54) is 0 Å². The smallest absolute Gasteiger partial charge is 0.229 e. The van der Waals surface area contributed by atoms with E-state index in [0.717, 1.165) is 35.1 Å². The first-order chi connectivity index (χ1) is 32.3. The Hall–Kier alpha value is -7.90. The highest BCUT2D eigenvalue weighted by Crippen LogP contribution is 2.31. The van der Waals surface area contributed by atoms with Crippen molar-refractivity contribution in [1.82, 2.24) is 29.9 Å². The van der Waals surface area contributed by atoms with Crippen LogP contribution in [-0.2, 0) is 26.2 Å². The molecule has 6 N–H and O–H groups in total. The summed E-state index contributed by atoms with van der Waals surface area (Å²) in [6.07, 6.45) is 1.56. The van der Waals surface area contributed by atoms with Crippen LogP contribution in [0, 0.1) is 0 Å². The lowest BCUT2D eigenvalue weighted by Gasteiger charge is -2.14. The molecule has 4 aromatic carbocycles. The van der Waals surface area contributed by atoms with Gasteiger partial charge in [0.1, 0.15) is 0 Å². The summed E-state index contributed by atoms with van der Waals surface area (Å²) >= 11 is 0. The molecule has 2 heterocycles. The zero-order valence-electron chi connectivity index (χ0n) is 38.5. The van der Waals surface area contributed by atoms with Gasteiger partial charge in [-0.2, -0.15) is 29.9 Å². The minimum absolute atomic E-state index is 0.389. The molecule has 0 spiro atoms. The van der Waals surface area contributed by atoms with Crippen LogP contribution < -0.4 is 69.8 Å². The Bertz CT molecular complexity index is 2170. The number of unbranched alkanes of at least 4 members (excludes halogenated alkanes) is 1. The maximum atomic E-state index is 5.49. The van der Waals surface area contributed by atoms with Crippen LogP contribution >= 0.6 is 0 Å². The van der Waals surface area contributed by atoms with E-state index in [2.05, 4.69) is 61.8 Å². The van der Waals surface area contributed by atoms with Gasteiger partial charge in [-0.3, -0.25) is 0 Å². The van der Waals surface area contributed by atoms with E-state index in [-0.39, 0.29) is 0 Å². The Kier molecular flexibility index (Phi) is 17.5. The minimum atomic E-state index is 0.389. The van der Waals surface area contributed by atoms with Gasteiger partial charge in [0.05, 0.1) is 56.9 Å². The molecule has 0 aliphatic rings. The molecule has 0 unspecified atom stereocenters. The highest BCUT2D eigenvalue weighted by Gasteiger charge is 2.13. The Morgan fingerprint density at radius 3 is 0.712 bits per heavy atom. The Morgan fingerprint density at radius 2 is 0.500 bits per heavy atom. The second-order valence-corrected chi connectivity index (χ2v) is 14.3. The quantitative estimate of drug-likeness (QED) is 0.0290. The van der Waals surface area contributed by atoms with E-state index in [9.17, 15) is 0 Å². The second-order valence-electron chi connectivity index (χ2n) is 14.3. The molecule has 20 nitrogen and oxygen atoms in total. The average Bonchev–Trinajstić information content (AvgIpc) is 3.36. The number of methoxy groups -OCH3 is 8. The van der Waals surface area contributed by atoms with E-state index in [1.807, 2.05) is 72.8 Å². The average molecular weight is 907 g/mol. The summed E-state index contributed by atoms with van der Waals surface area (Å²) in [5.41, 5.74) is 3.81. The number of ether oxygens (including phenoxy) is 8. The Labute approximate surface area is 384 Å². The topological polar surface area (TPSA) is 223 Å². The standard InChI is InChI=1S/C46H58N12O8/c1-59-33-15-11-29(21-37(33)63-5)25-49-43-53-41(54-44(57-43)50-26-30-12-16-34(60-2)38(22-30)64-6)47-19-9-10-20-48-42-55-45(51-27-31-13-17-35(61-3)39(23-31)65-7)58-46(56-42)52-28-32-14-18-36(62-4)40(24-32)66-8/h11-18,21-24H,9-10,19-20,25-28H2,1-8H3,(H3,47,49,50,53,54,57)(H3,48,51,52,55,56,58). The highest BCUT2D eigenvalue weighted by molar-refractivity contribution is 5.49. The third kappa shape index (κ3) is 13.3. The summed E-state index contributed by atoms with van der Waals surface area (Å²) in [7, 11) is 12.8. The van der Waals surface area contributed by atoms with Gasteiger partial charge in [-0.15, -0.1) is 0 Å². The number of hydrogen-bond acceptors (Lipinski definition) is 20. The van der Waals surface area contributed by atoms with Crippen LogP contribution in [0.4, 0.5) is 35.7 Å². The van der Waals surface area contributed by atoms with Crippen LogP contribution in [0.25, 0.3) is 0 Å². The van der Waals surface area contributed by atoms with Gasteiger partial charge in [-0.05, 0) is 83.6 Å². The van der Waals surface area contributed by atoms with Gasteiger partial charge < -0.3 is 69.8 Å². The summed E-state index contributed by atoms with van der Waals surface area (Å²) in [6, 6.07) is 22.9. The normalized spacial score (nSPS) is 10.6. The van der Waals surface area contributed by atoms with Crippen molar-refractivity contribution in [3.05, 3.63) is 95.1 Å². The summed E-state index contributed by atoms with van der Waals surface area (Å²) in [5, 5.41) is 20.0. The van der Waals surface area contributed by atoms with Gasteiger partial charge in [0.15, 0.2) is 46.0 Å². The van der Waals surface area contributed by atoms with Crippen molar-refractivity contribution in [2.75, 3.05) is 102 Å². The first kappa shape index (κ1) is 47.6. The lowest BCUT2D eigenvalue weighted by Crippen LogP contribution is -2.15. The predicted molar refractivity (Wildman–Crippen MR) is 253 cm³/mol. The molecular formula is C46H58N12O8. The first-order valence-corrected chi connectivity index (χ1v) is 21.1. The van der Waals surface area contributed by atoms with Crippen LogP contribution in [0.2, 0.25) is 0 Å². The minimum Gasteiger partial charge on any atom is -0.493 e. The lowest BCUT2D eigenvalue weighted by molar-refractivity contribution is 0.354. The Balaban J connectivity index is 1.10. The van der Waals surface area contributed by atoms with E-state index < -0.39 is 0 Å². The van der Waals surface area contributed by atoms with Gasteiger partial charge >= 0.3 is 0 Å². The number of rotatable bonds is 27. The molecule has 0 amide bonds. The summed E-state index contributed by atoms with van der Waals surface area (Å²) < 4.78 is 43.6. The van der Waals surface area contributed by atoms with Crippen molar-refractivity contribution >= 4 is 35.7 Å².